The Morgan fingerprint density at radius 2 is 2.25 bits per heavy atom. The van der Waals surface area contributed by atoms with Gasteiger partial charge in [0.15, 0.2) is 0 Å². The van der Waals surface area contributed by atoms with Crippen molar-refractivity contribution < 1.29 is 15.3 Å². The second-order valence-electron chi connectivity index (χ2n) is 7.58. The zero-order chi connectivity index (χ0) is 23.4. The number of ether oxygens (including phenoxy) is 1. The number of likely N-dealkylation sites (N-methyl/N-ethyl adjacent to an activating group) is 1. The average Bonchev–Trinajstić information content (AvgIpc) is 3.28. The highest BCUT2D eigenvalue weighted by molar-refractivity contribution is 6.31. The summed E-state index contributed by atoms with van der Waals surface area (Å²) in [5.41, 5.74) is 2.19. The number of likely N-dealkylation sites (tertiary alicyclic amines) is 1. The molecule has 9 heteroatoms. The minimum absolute atomic E-state index is 0.0180. The molecule has 0 radical (unpaired) electrons. The van der Waals surface area contributed by atoms with Gasteiger partial charge in [0.25, 0.3) is 0 Å². The molecule has 0 saturated carbocycles. The van der Waals surface area contributed by atoms with Crippen LogP contribution in [0.15, 0.2) is 36.7 Å². The number of halogens is 2. The van der Waals surface area contributed by atoms with E-state index < -0.39 is 5.82 Å². The molecule has 4 rings (SSSR count). The molecule has 1 aromatic heterocycles. The first kappa shape index (κ1) is 20.9. The summed E-state index contributed by atoms with van der Waals surface area (Å²) in [7, 11) is 1.61. The van der Waals surface area contributed by atoms with E-state index in [9.17, 15) is 9.18 Å². The van der Waals surface area contributed by atoms with Crippen molar-refractivity contribution in [1.82, 2.24) is 20.2 Å². The predicted molar refractivity (Wildman–Crippen MR) is 123 cm³/mol. The SMILES string of the molecule is [2H]CCNC(=O)[C@@H]1CCCN1Cc1cc2c(Nc3ccc(F)c(Cl)c3)ncnc2cc1OC. The fourth-order valence-electron chi connectivity index (χ4n) is 4.02. The third-order valence-electron chi connectivity index (χ3n) is 5.56. The third kappa shape index (κ3) is 4.61. The molecule has 32 heavy (non-hydrogen) atoms. The lowest BCUT2D eigenvalue weighted by atomic mass is 10.1. The van der Waals surface area contributed by atoms with Crippen molar-refractivity contribution in [3.05, 3.63) is 53.1 Å². The summed E-state index contributed by atoms with van der Waals surface area (Å²) in [5.74, 6) is 0.694. The highest BCUT2D eigenvalue weighted by Gasteiger charge is 2.31. The van der Waals surface area contributed by atoms with E-state index in [1.54, 1.807) is 13.2 Å². The third-order valence-corrected chi connectivity index (χ3v) is 5.85. The summed E-state index contributed by atoms with van der Waals surface area (Å²) in [5, 5.41) is 6.80. The standard InChI is InChI=1S/C23H25ClFN5O2/c1-3-26-23(31)20-5-4-8-30(20)12-14-9-16-19(11-21(14)32-2)27-13-28-22(16)29-15-6-7-18(25)17(24)10-15/h6-7,9-11,13,20H,3-5,8,12H2,1-2H3,(H,26,31)(H,27,28,29)/t20-/m0/s1/i1D. The van der Waals surface area contributed by atoms with Gasteiger partial charge in [-0.3, -0.25) is 9.69 Å². The van der Waals surface area contributed by atoms with Crippen molar-refractivity contribution in [2.75, 3.05) is 25.5 Å². The quantitative estimate of drug-likeness (QED) is 0.550. The fraction of sp³-hybridized carbons (Fsp3) is 0.348. The Morgan fingerprint density at radius 1 is 1.38 bits per heavy atom. The van der Waals surface area contributed by atoms with E-state index in [0.29, 0.717) is 35.9 Å². The molecule has 2 aromatic carbocycles. The van der Waals surface area contributed by atoms with Crippen LogP contribution in [0.4, 0.5) is 15.9 Å². The maximum Gasteiger partial charge on any atom is 0.237 e. The Morgan fingerprint density at radius 3 is 3.03 bits per heavy atom. The Labute approximate surface area is 192 Å². The van der Waals surface area contributed by atoms with Gasteiger partial charge in [-0.25, -0.2) is 14.4 Å². The minimum atomic E-state index is -0.492. The summed E-state index contributed by atoms with van der Waals surface area (Å²) >= 11 is 5.92. The Hall–Kier alpha value is -2.97. The van der Waals surface area contributed by atoms with Crippen LogP contribution in [0.2, 0.25) is 5.02 Å². The zero-order valence-electron chi connectivity index (χ0n) is 18.7. The number of amides is 1. The maximum atomic E-state index is 13.5. The van der Waals surface area contributed by atoms with Gasteiger partial charge in [0.05, 0.1) is 23.7 Å². The number of aromatic nitrogens is 2. The Balaban J connectivity index is 1.64. The van der Waals surface area contributed by atoms with Crippen LogP contribution in [-0.2, 0) is 11.3 Å². The van der Waals surface area contributed by atoms with Crippen molar-refractivity contribution in [3.8, 4) is 5.75 Å². The molecule has 1 amide bonds. The van der Waals surface area contributed by atoms with E-state index in [0.717, 1.165) is 30.3 Å². The van der Waals surface area contributed by atoms with E-state index in [4.69, 9.17) is 17.7 Å². The number of benzene rings is 2. The number of carbonyl (C=O) groups is 1. The predicted octanol–water partition coefficient (Wildman–Crippen LogP) is 4.28. The molecule has 2 heterocycles. The van der Waals surface area contributed by atoms with Gasteiger partial charge < -0.3 is 15.4 Å². The van der Waals surface area contributed by atoms with Crippen LogP contribution in [0.25, 0.3) is 10.9 Å². The molecule has 1 aliphatic rings. The molecule has 1 fully saturated rings. The molecule has 0 unspecified atom stereocenters. The molecule has 0 bridgehead atoms. The lowest BCUT2D eigenvalue weighted by molar-refractivity contribution is -0.125. The molecule has 1 aliphatic heterocycles. The summed E-state index contributed by atoms with van der Waals surface area (Å²) in [6.07, 6.45) is 3.15. The Kier molecular flexibility index (Phi) is 6.31. The lowest BCUT2D eigenvalue weighted by Crippen LogP contribution is -2.42. The number of rotatable bonds is 7. The second kappa shape index (κ2) is 9.67. The highest BCUT2D eigenvalue weighted by atomic mass is 35.5. The summed E-state index contributed by atoms with van der Waals surface area (Å²) in [6.45, 7) is 1.83. The van der Waals surface area contributed by atoms with Crippen LogP contribution < -0.4 is 15.4 Å². The average molecular weight is 459 g/mol. The largest absolute Gasteiger partial charge is 0.496 e. The second-order valence-corrected chi connectivity index (χ2v) is 7.98. The van der Waals surface area contributed by atoms with Crippen molar-refractivity contribution >= 4 is 39.9 Å². The smallest absolute Gasteiger partial charge is 0.237 e. The molecule has 0 spiro atoms. The van der Waals surface area contributed by atoms with Gasteiger partial charge in [0, 0.05) is 37.2 Å². The van der Waals surface area contributed by atoms with Gasteiger partial charge >= 0.3 is 0 Å². The normalized spacial score (nSPS) is 16.7. The summed E-state index contributed by atoms with van der Waals surface area (Å²) in [4.78, 5) is 23.4. The van der Waals surface area contributed by atoms with Gasteiger partial charge in [-0.05, 0) is 50.6 Å². The van der Waals surface area contributed by atoms with Crippen LogP contribution in [0, 0.1) is 5.82 Å². The van der Waals surface area contributed by atoms with E-state index in [-0.39, 0.29) is 23.9 Å². The van der Waals surface area contributed by atoms with Crippen molar-refractivity contribution in [2.24, 2.45) is 0 Å². The first-order chi connectivity index (χ1) is 16.0. The number of fused-ring (bicyclic) bond motifs is 1. The van der Waals surface area contributed by atoms with Gasteiger partial charge in [-0.2, -0.15) is 0 Å². The number of nitrogens with zero attached hydrogens (tertiary/aromatic N) is 3. The number of hydrogen-bond acceptors (Lipinski definition) is 6. The van der Waals surface area contributed by atoms with Crippen molar-refractivity contribution in [3.63, 3.8) is 0 Å². The molecule has 3 aromatic rings. The van der Waals surface area contributed by atoms with Crippen LogP contribution >= 0.6 is 11.6 Å². The molecule has 0 aliphatic carbocycles. The molecule has 2 N–H and O–H groups in total. The number of carbonyl (C=O) groups excluding carboxylic acids is 1. The summed E-state index contributed by atoms with van der Waals surface area (Å²) < 4.78 is 26.4. The first-order valence-electron chi connectivity index (χ1n) is 11.1. The van der Waals surface area contributed by atoms with E-state index >= 15 is 0 Å². The van der Waals surface area contributed by atoms with E-state index in [2.05, 4.69) is 25.5 Å². The monoisotopic (exact) mass is 458 g/mol. The van der Waals surface area contributed by atoms with Crippen molar-refractivity contribution in [2.45, 2.75) is 32.3 Å². The highest BCUT2D eigenvalue weighted by Crippen LogP contribution is 2.32. The van der Waals surface area contributed by atoms with E-state index in [1.165, 1.54) is 18.5 Å². The number of methoxy groups -OCH3 is 1. The Bertz CT molecular complexity index is 1170. The first-order valence-corrected chi connectivity index (χ1v) is 10.7. The molecular weight excluding hydrogens is 433 g/mol. The molecule has 168 valence electrons. The molecule has 1 saturated heterocycles. The van der Waals surface area contributed by atoms with Gasteiger partial charge in [-0.1, -0.05) is 11.6 Å². The van der Waals surface area contributed by atoms with Crippen molar-refractivity contribution in [1.29, 1.82) is 0 Å². The van der Waals surface area contributed by atoms with E-state index in [1.807, 2.05) is 12.1 Å². The van der Waals surface area contributed by atoms with Crippen LogP contribution in [-0.4, -0.2) is 47.0 Å². The number of hydrogen-bond donors (Lipinski definition) is 2. The van der Waals surface area contributed by atoms with Crippen LogP contribution in [0.5, 0.6) is 5.75 Å². The van der Waals surface area contributed by atoms with Gasteiger partial charge in [-0.15, -0.1) is 0 Å². The molecular formula is C23H25ClFN5O2. The molecule has 1 atom stereocenters. The fourth-order valence-corrected chi connectivity index (χ4v) is 4.21. The van der Waals surface area contributed by atoms with Gasteiger partial charge in [0.1, 0.15) is 23.7 Å². The molecule has 7 nitrogen and oxygen atoms in total. The van der Waals surface area contributed by atoms with Crippen LogP contribution in [0.3, 0.4) is 0 Å². The minimum Gasteiger partial charge on any atom is -0.496 e. The zero-order valence-corrected chi connectivity index (χ0v) is 18.5. The van der Waals surface area contributed by atoms with Crippen LogP contribution in [0.1, 0.15) is 26.7 Å². The summed E-state index contributed by atoms with van der Waals surface area (Å²) in [6, 6.07) is 7.95. The topological polar surface area (TPSA) is 79.4 Å². The number of nitrogens with one attached hydrogen (secondary N) is 2. The van der Waals surface area contributed by atoms with Gasteiger partial charge in [0.2, 0.25) is 5.91 Å². The lowest BCUT2D eigenvalue weighted by Gasteiger charge is -2.24. The maximum absolute atomic E-state index is 13.5. The number of anilines is 2.